The highest BCUT2D eigenvalue weighted by molar-refractivity contribution is 7.09. The Labute approximate surface area is 111 Å². The lowest BCUT2D eigenvalue weighted by Crippen LogP contribution is -2.16. The number of aromatic amines is 1. The van der Waals surface area contributed by atoms with E-state index in [1.54, 1.807) is 11.3 Å². The Morgan fingerprint density at radius 1 is 1.50 bits per heavy atom. The second-order valence-electron chi connectivity index (χ2n) is 4.89. The predicted octanol–water partition coefficient (Wildman–Crippen LogP) is 2.38. The van der Waals surface area contributed by atoms with Crippen molar-refractivity contribution < 1.29 is 0 Å². The van der Waals surface area contributed by atoms with Crippen LogP contribution < -0.4 is 5.32 Å². The van der Waals surface area contributed by atoms with Gasteiger partial charge in [0.2, 0.25) is 0 Å². The lowest BCUT2D eigenvalue weighted by atomic mass is 10.2. The second kappa shape index (κ2) is 5.20. The smallest absolute Gasteiger partial charge is 0.0941 e. The molecule has 0 bridgehead atoms. The van der Waals surface area contributed by atoms with Crippen molar-refractivity contribution in [1.29, 1.82) is 0 Å². The number of aromatic nitrogens is 3. The van der Waals surface area contributed by atoms with E-state index in [-0.39, 0.29) is 0 Å². The van der Waals surface area contributed by atoms with E-state index < -0.39 is 0 Å². The maximum absolute atomic E-state index is 4.68. The molecule has 5 heteroatoms. The molecule has 2 aromatic rings. The molecule has 0 amide bonds. The molecule has 4 nitrogen and oxygen atoms in total. The molecule has 0 aromatic carbocycles. The Kier molecular flexibility index (Phi) is 3.43. The number of hydrogen-bond donors (Lipinski definition) is 2. The van der Waals surface area contributed by atoms with Crippen LogP contribution in [0.1, 0.15) is 40.7 Å². The zero-order chi connectivity index (χ0) is 12.4. The lowest BCUT2D eigenvalue weighted by molar-refractivity contribution is 0.682. The van der Waals surface area contributed by atoms with Crippen molar-refractivity contribution in [3.63, 3.8) is 0 Å². The third-order valence-corrected chi connectivity index (χ3v) is 4.26. The first-order valence-corrected chi connectivity index (χ1v) is 7.35. The summed E-state index contributed by atoms with van der Waals surface area (Å²) in [5.41, 5.74) is 3.71. The third kappa shape index (κ3) is 2.79. The summed E-state index contributed by atoms with van der Waals surface area (Å²) in [6.07, 6.45) is 5.58. The van der Waals surface area contributed by atoms with Gasteiger partial charge in [0, 0.05) is 42.1 Å². The summed E-state index contributed by atoms with van der Waals surface area (Å²) in [4.78, 5) is 4.68. The first kappa shape index (κ1) is 11.9. The van der Waals surface area contributed by atoms with Gasteiger partial charge in [-0.3, -0.25) is 5.10 Å². The van der Waals surface area contributed by atoms with Gasteiger partial charge in [0.1, 0.15) is 0 Å². The summed E-state index contributed by atoms with van der Waals surface area (Å²) < 4.78 is 0. The van der Waals surface area contributed by atoms with E-state index in [0.29, 0.717) is 0 Å². The van der Waals surface area contributed by atoms with Gasteiger partial charge in [-0.2, -0.15) is 5.10 Å². The fraction of sp³-hybridized carbons (Fsp3) is 0.538. The second-order valence-corrected chi connectivity index (χ2v) is 5.83. The average Bonchev–Trinajstić information content (AvgIpc) is 2.98. The molecule has 2 heterocycles. The molecule has 1 fully saturated rings. The molecule has 2 N–H and O–H groups in total. The zero-order valence-corrected chi connectivity index (χ0v) is 11.4. The van der Waals surface area contributed by atoms with Crippen LogP contribution in [0.3, 0.4) is 0 Å². The van der Waals surface area contributed by atoms with Gasteiger partial charge >= 0.3 is 0 Å². The largest absolute Gasteiger partial charge is 0.312 e. The minimum absolute atomic E-state index is 0.775. The molecule has 0 unspecified atom stereocenters. The molecular formula is C13H18N4S. The zero-order valence-electron chi connectivity index (χ0n) is 10.6. The highest BCUT2D eigenvalue weighted by Crippen LogP contribution is 2.40. The molecule has 1 aliphatic carbocycles. The number of hydrogen-bond acceptors (Lipinski definition) is 4. The van der Waals surface area contributed by atoms with Crippen LogP contribution in [0.15, 0.2) is 11.6 Å². The monoisotopic (exact) mass is 262 g/mol. The van der Waals surface area contributed by atoms with Gasteiger partial charge in [0.25, 0.3) is 0 Å². The van der Waals surface area contributed by atoms with Gasteiger partial charge in [-0.25, -0.2) is 4.98 Å². The maximum Gasteiger partial charge on any atom is 0.0941 e. The number of rotatable bonds is 6. The Hall–Kier alpha value is -1.20. The van der Waals surface area contributed by atoms with Gasteiger partial charge in [-0.15, -0.1) is 11.3 Å². The van der Waals surface area contributed by atoms with E-state index in [1.165, 1.54) is 29.1 Å². The molecule has 18 heavy (non-hydrogen) atoms. The Bertz CT molecular complexity index is 513. The molecule has 0 aliphatic heterocycles. The van der Waals surface area contributed by atoms with Crippen molar-refractivity contribution in [1.82, 2.24) is 20.5 Å². The quantitative estimate of drug-likeness (QED) is 0.786. The fourth-order valence-corrected chi connectivity index (χ4v) is 2.86. The van der Waals surface area contributed by atoms with E-state index in [1.807, 2.05) is 13.1 Å². The number of nitrogens with one attached hydrogen (secondary N) is 2. The van der Waals surface area contributed by atoms with Crippen LogP contribution in [0.25, 0.3) is 0 Å². The summed E-state index contributed by atoms with van der Waals surface area (Å²) in [6.45, 7) is 3.90. The molecule has 3 rings (SSSR count). The van der Waals surface area contributed by atoms with Crippen LogP contribution in [0.2, 0.25) is 0 Å². The fourth-order valence-electron chi connectivity index (χ4n) is 1.98. The molecule has 0 saturated heterocycles. The maximum atomic E-state index is 4.68. The highest BCUT2D eigenvalue weighted by atomic mass is 32.1. The molecule has 1 saturated carbocycles. The number of thiazole rings is 1. The number of aryl methyl sites for hydroxylation is 1. The van der Waals surface area contributed by atoms with Gasteiger partial charge in [-0.1, -0.05) is 0 Å². The average molecular weight is 262 g/mol. The van der Waals surface area contributed by atoms with Crippen LogP contribution in [0, 0.1) is 6.92 Å². The van der Waals surface area contributed by atoms with E-state index in [4.69, 9.17) is 0 Å². The summed E-state index contributed by atoms with van der Waals surface area (Å²) >= 11 is 1.80. The molecule has 0 spiro atoms. The Balaban J connectivity index is 1.42. The van der Waals surface area contributed by atoms with E-state index in [0.717, 1.165) is 31.1 Å². The lowest BCUT2D eigenvalue weighted by Gasteiger charge is -2.02. The molecular weight excluding hydrogens is 244 g/mol. The van der Waals surface area contributed by atoms with Crippen molar-refractivity contribution in [2.45, 2.75) is 38.6 Å². The summed E-state index contributed by atoms with van der Waals surface area (Å²) in [5.74, 6) is 0.775. The van der Waals surface area contributed by atoms with Crippen molar-refractivity contribution in [2.75, 3.05) is 6.54 Å². The first-order chi connectivity index (χ1) is 8.83. The minimum Gasteiger partial charge on any atom is -0.312 e. The first-order valence-electron chi connectivity index (χ1n) is 6.47. The standard InChI is InChI=1S/C13H18N4S/c1-9-11(7-15-17-9)6-14-5-4-13-16-12(8-18-13)10-2-3-10/h7-8,10,14H,2-6H2,1H3,(H,15,17). The van der Waals surface area contributed by atoms with Gasteiger partial charge < -0.3 is 5.32 Å². The molecule has 0 radical (unpaired) electrons. The van der Waals surface area contributed by atoms with Crippen molar-refractivity contribution in [3.8, 4) is 0 Å². The van der Waals surface area contributed by atoms with Crippen LogP contribution in [0.5, 0.6) is 0 Å². The molecule has 1 aliphatic rings. The SMILES string of the molecule is Cc1[nH]ncc1CNCCc1nc(C2CC2)cs1. The number of H-pyrrole nitrogens is 1. The summed E-state index contributed by atoms with van der Waals surface area (Å²) in [6, 6.07) is 0. The minimum atomic E-state index is 0.775. The normalized spacial score (nSPS) is 15.2. The highest BCUT2D eigenvalue weighted by Gasteiger charge is 2.25. The van der Waals surface area contributed by atoms with Gasteiger partial charge in [-0.05, 0) is 19.8 Å². The predicted molar refractivity (Wildman–Crippen MR) is 72.8 cm³/mol. The van der Waals surface area contributed by atoms with Crippen molar-refractivity contribution in [3.05, 3.63) is 33.5 Å². The van der Waals surface area contributed by atoms with E-state index in [9.17, 15) is 0 Å². The molecule has 2 aromatic heterocycles. The number of nitrogens with zero attached hydrogens (tertiary/aromatic N) is 2. The molecule has 96 valence electrons. The molecule has 0 atom stereocenters. The Morgan fingerprint density at radius 3 is 3.11 bits per heavy atom. The summed E-state index contributed by atoms with van der Waals surface area (Å²) in [5, 5.41) is 13.9. The Morgan fingerprint density at radius 2 is 2.39 bits per heavy atom. The van der Waals surface area contributed by atoms with E-state index in [2.05, 4.69) is 25.9 Å². The van der Waals surface area contributed by atoms with Gasteiger partial charge in [0.05, 0.1) is 16.9 Å². The van der Waals surface area contributed by atoms with Crippen LogP contribution in [-0.4, -0.2) is 21.7 Å². The summed E-state index contributed by atoms with van der Waals surface area (Å²) in [7, 11) is 0. The van der Waals surface area contributed by atoms with Crippen LogP contribution >= 0.6 is 11.3 Å². The van der Waals surface area contributed by atoms with E-state index >= 15 is 0 Å². The van der Waals surface area contributed by atoms with Crippen molar-refractivity contribution in [2.24, 2.45) is 0 Å². The van der Waals surface area contributed by atoms with Crippen LogP contribution in [-0.2, 0) is 13.0 Å². The van der Waals surface area contributed by atoms with Crippen molar-refractivity contribution >= 4 is 11.3 Å². The topological polar surface area (TPSA) is 53.6 Å². The van der Waals surface area contributed by atoms with Crippen LogP contribution in [0.4, 0.5) is 0 Å². The third-order valence-electron chi connectivity index (χ3n) is 3.33. The van der Waals surface area contributed by atoms with Gasteiger partial charge in [0.15, 0.2) is 0 Å².